The third-order valence-corrected chi connectivity index (χ3v) is 5.77. The van der Waals surface area contributed by atoms with Gasteiger partial charge in [0.25, 0.3) is 5.92 Å². The number of hydrogen-bond donors (Lipinski definition) is 1. The third-order valence-electron chi connectivity index (χ3n) is 5.77. The first-order chi connectivity index (χ1) is 16.6. The highest BCUT2D eigenvalue weighted by molar-refractivity contribution is 5.69. The van der Waals surface area contributed by atoms with Gasteiger partial charge in [-0.3, -0.25) is 4.79 Å². The second kappa shape index (κ2) is 14.3. The summed E-state index contributed by atoms with van der Waals surface area (Å²) in [5, 5.41) is 10.6. The molecule has 2 rings (SSSR count). The molecule has 0 heterocycles. The predicted octanol–water partition coefficient (Wildman–Crippen LogP) is 6.12. The van der Waals surface area contributed by atoms with E-state index in [0.717, 1.165) is 6.08 Å². The first-order valence-electron chi connectivity index (χ1n) is 12.5. The van der Waals surface area contributed by atoms with Crippen LogP contribution >= 0.6 is 0 Å². The quantitative estimate of drug-likeness (QED) is 0.192. The number of carbonyl (C=O) groups is 1. The van der Waals surface area contributed by atoms with E-state index in [1.165, 1.54) is 6.08 Å². The van der Waals surface area contributed by atoms with Crippen LogP contribution in [0.2, 0.25) is 0 Å². The lowest BCUT2D eigenvalue weighted by Crippen LogP contribution is -2.26. The molecule has 0 aliphatic heterocycles. The van der Waals surface area contributed by atoms with E-state index >= 15 is 0 Å². The summed E-state index contributed by atoms with van der Waals surface area (Å²) in [5.74, 6) is -3.58. The highest BCUT2D eigenvalue weighted by Gasteiger charge is 2.42. The van der Waals surface area contributed by atoms with Crippen molar-refractivity contribution in [2.24, 2.45) is 11.8 Å². The zero-order chi connectivity index (χ0) is 25.8. The Balaban J connectivity index is 1.95. The normalized spacial score (nSPS) is 23.1. The van der Waals surface area contributed by atoms with Crippen LogP contribution in [0.4, 0.5) is 8.78 Å². The summed E-state index contributed by atoms with van der Waals surface area (Å²) in [6.45, 7) is 6.72. The second-order valence-electron chi connectivity index (χ2n) is 9.63. The first-order valence-corrected chi connectivity index (χ1v) is 12.5. The van der Waals surface area contributed by atoms with Crippen LogP contribution in [0.15, 0.2) is 54.6 Å². The van der Waals surface area contributed by atoms with E-state index in [9.17, 15) is 18.7 Å². The van der Waals surface area contributed by atoms with E-state index in [4.69, 9.17) is 14.2 Å². The third kappa shape index (κ3) is 10.9. The van der Waals surface area contributed by atoms with Crippen LogP contribution in [-0.2, 0) is 14.3 Å². The van der Waals surface area contributed by atoms with Crippen molar-refractivity contribution in [2.45, 2.75) is 90.1 Å². The molecule has 0 bridgehead atoms. The zero-order valence-corrected chi connectivity index (χ0v) is 21.2. The number of carbonyl (C=O) groups excluding carboxylic acids is 1. The molecule has 1 aliphatic carbocycles. The molecule has 1 saturated carbocycles. The van der Waals surface area contributed by atoms with Crippen LogP contribution in [0.3, 0.4) is 0 Å². The van der Waals surface area contributed by atoms with Gasteiger partial charge in [-0.15, -0.1) is 0 Å². The molecule has 1 N–H and O–H groups in total. The molecule has 7 heteroatoms. The van der Waals surface area contributed by atoms with Crippen molar-refractivity contribution in [3.05, 3.63) is 54.6 Å². The fourth-order valence-corrected chi connectivity index (χ4v) is 4.24. The Morgan fingerprint density at radius 2 is 1.86 bits per heavy atom. The van der Waals surface area contributed by atoms with Crippen molar-refractivity contribution in [1.82, 2.24) is 0 Å². The van der Waals surface area contributed by atoms with Crippen LogP contribution in [0.25, 0.3) is 0 Å². The lowest BCUT2D eigenvalue weighted by molar-refractivity contribution is -0.147. The van der Waals surface area contributed by atoms with Gasteiger partial charge in [-0.1, -0.05) is 36.4 Å². The minimum Gasteiger partial charge on any atom is -0.487 e. The number of allylic oxidation sites excluding steroid dienone is 2. The zero-order valence-electron chi connectivity index (χ0n) is 21.2. The number of ether oxygens (including phenoxy) is 3. The monoisotopic (exact) mass is 494 g/mol. The molecule has 0 aromatic heterocycles. The SMILES string of the molecule is CC(C)OC(=O)CCC/C=C\C[C@@H]1[C@@H](/C=C/C(F)(F)COc2ccccc2)[C@H](O)C[C@@H]1OC(C)C. The first kappa shape index (κ1) is 29.0. The van der Waals surface area contributed by atoms with Gasteiger partial charge in [0.15, 0.2) is 6.61 Å². The Morgan fingerprint density at radius 1 is 1.14 bits per heavy atom. The van der Waals surface area contributed by atoms with E-state index in [1.807, 2.05) is 39.8 Å². The molecule has 0 spiro atoms. The van der Waals surface area contributed by atoms with Crippen molar-refractivity contribution in [1.29, 1.82) is 0 Å². The van der Waals surface area contributed by atoms with Crippen molar-refractivity contribution >= 4 is 5.97 Å². The van der Waals surface area contributed by atoms with Gasteiger partial charge in [0.05, 0.1) is 24.4 Å². The lowest BCUT2D eigenvalue weighted by Gasteiger charge is -2.24. The standard InChI is InChI=1S/C28H40F2O5/c1-20(2)34-26-18-25(31)23(16-17-28(29,30)19-33-22-12-8-7-9-13-22)24(26)14-10-5-6-11-15-27(32)35-21(3)4/h5,7-10,12-13,16-17,20-21,23-26,31H,6,11,14-15,18-19H2,1-4H3/b10-5-,17-16+/t23-,24-,25-,26+/m1/s1. The Kier molecular flexibility index (Phi) is 11.9. The summed E-state index contributed by atoms with van der Waals surface area (Å²) in [7, 11) is 0. The predicted molar refractivity (Wildman–Crippen MR) is 132 cm³/mol. The smallest absolute Gasteiger partial charge is 0.306 e. The molecular formula is C28H40F2O5. The molecule has 5 nitrogen and oxygen atoms in total. The molecule has 0 radical (unpaired) electrons. The topological polar surface area (TPSA) is 65.0 Å². The van der Waals surface area contributed by atoms with Crippen molar-refractivity contribution in [3.63, 3.8) is 0 Å². The van der Waals surface area contributed by atoms with Gasteiger partial charge >= 0.3 is 5.97 Å². The van der Waals surface area contributed by atoms with E-state index in [1.54, 1.807) is 30.3 Å². The van der Waals surface area contributed by atoms with Crippen molar-refractivity contribution in [3.8, 4) is 5.75 Å². The van der Waals surface area contributed by atoms with Crippen LogP contribution < -0.4 is 4.74 Å². The average molecular weight is 495 g/mol. The largest absolute Gasteiger partial charge is 0.487 e. The maximum absolute atomic E-state index is 14.5. The van der Waals surface area contributed by atoms with Crippen LogP contribution in [0, 0.1) is 11.8 Å². The minimum absolute atomic E-state index is 0.0332. The molecule has 35 heavy (non-hydrogen) atoms. The summed E-state index contributed by atoms with van der Waals surface area (Å²) in [5.41, 5.74) is 0. The van der Waals surface area contributed by atoms with E-state index in [2.05, 4.69) is 0 Å². The summed E-state index contributed by atoms with van der Waals surface area (Å²) < 4.78 is 45.3. The number of aliphatic hydroxyl groups is 1. The second-order valence-corrected chi connectivity index (χ2v) is 9.63. The van der Waals surface area contributed by atoms with Gasteiger partial charge in [0, 0.05) is 18.8 Å². The maximum atomic E-state index is 14.5. The summed E-state index contributed by atoms with van der Waals surface area (Å²) in [6, 6.07) is 8.50. The number of alkyl halides is 2. The molecule has 196 valence electrons. The van der Waals surface area contributed by atoms with Gasteiger partial charge in [-0.05, 0) is 71.1 Å². The number of hydrogen-bond acceptors (Lipinski definition) is 5. The van der Waals surface area contributed by atoms with E-state index < -0.39 is 24.6 Å². The van der Waals surface area contributed by atoms with E-state index in [-0.39, 0.29) is 30.2 Å². The number of rotatable bonds is 14. The maximum Gasteiger partial charge on any atom is 0.306 e. The Hall–Kier alpha value is -2.25. The number of para-hydroxylation sites is 1. The number of benzene rings is 1. The van der Waals surface area contributed by atoms with Gasteiger partial charge in [0.2, 0.25) is 0 Å². The summed E-state index contributed by atoms with van der Waals surface area (Å²) >= 11 is 0. The number of aliphatic hydroxyl groups excluding tert-OH is 1. The molecule has 1 aliphatic rings. The molecule has 0 amide bonds. The minimum atomic E-state index is -3.17. The lowest BCUT2D eigenvalue weighted by atomic mass is 9.89. The van der Waals surface area contributed by atoms with Crippen LogP contribution in [0.1, 0.15) is 59.8 Å². The fraction of sp³-hybridized carbons (Fsp3) is 0.607. The number of unbranched alkanes of at least 4 members (excludes halogenated alkanes) is 1. The number of halogens is 2. The van der Waals surface area contributed by atoms with Gasteiger partial charge in [0.1, 0.15) is 5.75 Å². The van der Waals surface area contributed by atoms with Crippen molar-refractivity contribution in [2.75, 3.05) is 6.61 Å². The summed E-state index contributed by atoms with van der Waals surface area (Å²) in [6.07, 6.45) is 7.85. The Morgan fingerprint density at radius 3 is 2.51 bits per heavy atom. The average Bonchev–Trinajstić information content (AvgIpc) is 3.06. The molecular weight excluding hydrogens is 454 g/mol. The van der Waals surface area contributed by atoms with Gasteiger partial charge in [-0.2, -0.15) is 8.78 Å². The Labute approximate surface area is 208 Å². The molecule has 1 aromatic rings. The van der Waals surface area contributed by atoms with E-state index in [0.29, 0.717) is 37.9 Å². The summed E-state index contributed by atoms with van der Waals surface area (Å²) in [4.78, 5) is 11.6. The van der Waals surface area contributed by atoms with Gasteiger partial charge in [-0.25, -0.2) is 0 Å². The van der Waals surface area contributed by atoms with Crippen LogP contribution in [-0.4, -0.2) is 48.0 Å². The molecule has 0 unspecified atom stereocenters. The molecule has 1 aromatic carbocycles. The highest BCUT2D eigenvalue weighted by atomic mass is 19.3. The highest BCUT2D eigenvalue weighted by Crippen LogP contribution is 2.39. The Bertz CT molecular complexity index is 807. The van der Waals surface area contributed by atoms with Crippen LogP contribution in [0.5, 0.6) is 5.75 Å². The molecule has 0 saturated heterocycles. The van der Waals surface area contributed by atoms with Gasteiger partial charge < -0.3 is 19.3 Å². The fourth-order valence-electron chi connectivity index (χ4n) is 4.24. The molecule has 4 atom stereocenters. The van der Waals surface area contributed by atoms with Crippen molar-refractivity contribution < 1.29 is 32.9 Å². The number of esters is 1. The molecule has 1 fully saturated rings.